The first-order valence-corrected chi connectivity index (χ1v) is 7.30. The molecule has 2 nitrogen and oxygen atoms in total. The lowest BCUT2D eigenvalue weighted by molar-refractivity contribution is 0.209. The molecule has 2 aliphatic carbocycles. The van der Waals surface area contributed by atoms with Crippen LogP contribution in [0.5, 0.6) is 5.75 Å². The molecule has 0 saturated heterocycles. The van der Waals surface area contributed by atoms with Crippen LogP contribution in [0.3, 0.4) is 0 Å². The van der Waals surface area contributed by atoms with E-state index in [9.17, 15) is 0 Å². The SMILES string of the molecule is NCC1(c2ccc(OC3CCCC3)cc2)CCC1. The Balaban J connectivity index is 1.68. The monoisotopic (exact) mass is 245 g/mol. The molecule has 0 atom stereocenters. The summed E-state index contributed by atoms with van der Waals surface area (Å²) >= 11 is 0. The zero-order chi connectivity index (χ0) is 12.4. The highest BCUT2D eigenvalue weighted by molar-refractivity contribution is 5.34. The highest BCUT2D eigenvalue weighted by Crippen LogP contribution is 2.43. The van der Waals surface area contributed by atoms with Crippen molar-refractivity contribution in [2.24, 2.45) is 5.73 Å². The Morgan fingerprint density at radius 3 is 2.22 bits per heavy atom. The Labute approximate surface area is 110 Å². The van der Waals surface area contributed by atoms with Crippen molar-refractivity contribution in [3.8, 4) is 5.75 Å². The molecule has 0 amide bonds. The van der Waals surface area contributed by atoms with Crippen LogP contribution in [-0.2, 0) is 5.41 Å². The maximum Gasteiger partial charge on any atom is 0.119 e. The number of benzene rings is 1. The molecule has 2 heteroatoms. The predicted molar refractivity (Wildman–Crippen MR) is 73.9 cm³/mol. The summed E-state index contributed by atoms with van der Waals surface area (Å²) in [4.78, 5) is 0. The Hall–Kier alpha value is -1.02. The first-order chi connectivity index (χ1) is 8.82. The lowest BCUT2D eigenvalue weighted by Gasteiger charge is -2.41. The van der Waals surface area contributed by atoms with E-state index >= 15 is 0 Å². The van der Waals surface area contributed by atoms with Crippen molar-refractivity contribution in [3.63, 3.8) is 0 Å². The van der Waals surface area contributed by atoms with Gasteiger partial charge in [-0.3, -0.25) is 0 Å². The molecule has 0 spiro atoms. The Morgan fingerprint density at radius 2 is 1.72 bits per heavy atom. The molecule has 0 aromatic heterocycles. The molecular weight excluding hydrogens is 222 g/mol. The summed E-state index contributed by atoms with van der Waals surface area (Å²) < 4.78 is 6.00. The third-order valence-corrected chi connectivity index (χ3v) is 4.77. The molecule has 0 radical (unpaired) electrons. The summed E-state index contributed by atoms with van der Waals surface area (Å²) in [7, 11) is 0. The van der Waals surface area contributed by atoms with Crippen LogP contribution in [0.4, 0.5) is 0 Å². The fourth-order valence-electron chi connectivity index (χ4n) is 3.30. The zero-order valence-electron chi connectivity index (χ0n) is 11.0. The lowest BCUT2D eigenvalue weighted by atomic mass is 9.64. The fourth-order valence-corrected chi connectivity index (χ4v) is 3.30. The molecule has 0 bridgehead atoms. The summed E-state index contributed by atoms with van der Waals surface area (Å²) in [6.07, 6.45) is 9.32. The van der Waals surface area contributed by atoms with Crippen molar-refractivity contribution in [2.45, 2.75) is 56.5 Å². The number of rotatable bonds is 4. The molecule has 18 heavy (non-hydrogen) atoms. The summed E-state index contributed by atoms with van der Waals surface area (Å²) in [5, 5.41) is 0. The molecule has 3 rings (SSSR count). The van der Waals surface area contributed by atoms with Gasteiger partial charge >= 0.3 is 0 Å². The number of hydrogen-bond acceptors (Lipinski definition) is 2. The summed E-state index contributed by atoms with van der Waals surface area (Å²) in [5.74, 6) is 1.03. The molecule has 2 aliphatic rings. The second-order valence-corrected chi connectivity index (χ2v) is 5.89. The molecule has 98 valence electrons. The van der Waals surface area contributed by atoms with E-state index in [4.69, 9.17) is 10.5 Å². The van der Waals surface area contributed by atoms with Gasteiger partial charge in [0.05, 0.1) is 6.10 Å². The highest BCUT2D eigenvalue weighted by atomic mass is 16.5. The second kappa shape index (κ2) is 4.93. The quantitative estimate of drug-likeness (QED) is 0.882. The molecule has 2 N–H and O–H groups in total. The maximum absolute atomic E-state index is 6.00. The van der Waals surface area contributed by atoms with Gasteiger partial charge in [-0.25, -0.2) is 0 Å². The van der Waals surface area contributed by atoms with Crippen LogP contribution in [0.2, 0.25) is 0 Å². The van der Waals surface area contributed by atoms with Crippen LogP contribution in [0.1, 0.15) is 50.5 Å². The molecule has 2 saturated carbocycles. The van der Waals surface area contributed by atoms with Crippen LogP contribution in [0, 0.1) is 0 Å². The van der Waals surface area contributed by atoms with E-state index in [2.05, 4.69) is 24.3 Å². The van der Waals surface area contributed by atoms with E-state index in [1.807, 2.05) is 0 Å². The van der Waals surface area contributed by atoms with Gasteiger partial charge in [-0.05, 0) is 56.2 Å². The van der Waals surface area contributed by atoms with Crippen molar-refractivity contribution < 1.29 is 4.74 Å². The first-order valence-electron chi connectivity index (χ1n) is 7.30. The smallest absolute Gasteiger partial charge is 0.119 e. The standard InChI is InChI=1S/C16H23NO/c17-12-16(10-3-11-16)13-6-8-15(9-7-13)18-14-4-1-2-5-14/h6-9,14H,1-5,10-12,17H2. The summed E-state index contributed by atoms with van der Waals surface area (Å²) in [6.45, 7) is 0.774. The third kappa shape index (κ3) is 2.14. The summed E-state index contributed by atoms with van der Waals surface area (Å²) in [6, 6.07) is 8.69. The number of ether oxygens (including phenoxy) is 1. The van der Waals surface area contributed by atoms with Gasteiger partial charge in [0.2, 0.25) is 0 Å². The van der Waals surface area contributed by atoms with Gasteiger partial charge in [0.25, 0.3) is 0 Å². The van der Waals surface area contributed by atoms with Crippen LogP contribution < -0.4 is 10.5 Å². The van der Waals surface area contributed by atoms with Crippen molar-refractivity contribution in [2.75, 3.05) is 6.54 Å². The van der Waals surface area contributed by atoms with Crippen LogP contribution >= 0.6 is 0 Å². The van der Waals surface area contributed by atoms with Crippen LogP contribution in [0.15, 0.2) is 24.3 Å². The fraction of sp³-hybridized carbons (Fsp3) is 0.625. The zero-order valence-corrected chi connectivity index (χ0v) is 11.0. The molecule has 0 heterocycles. The van der Waals surface area contributed by atoms with E-state index in [1.54, 1.807) is 0 Å². The van der Waals surface area contributed by atoms with Crippen molar-refractivity contribution in [1.29, 1.82) is 0 Å². The molecule has 1 aromatic rings. The van der Waals surface area contributed by atoms with Crippen molar-refractivity contribution in [3.05, 3.63) is 29.8 Å². The Bertz CT molecular complexity index is 383. The predicted octanol–water partition coefficient (Wildman–Crippen LogP) is 3.39. The second-order valence-electron chi connectivity index (χ2n) is 5.89. The molecule has 2 fully saturated rings. The van der Waals surface area contributed by atoms with Gasteiger partial charge in [0.1, 0.15) is 5.75 Å². The highest BCUT2D eigenvalue weighted by Gasteiger charge is 2.37. The molecular formula is C16H23NO. The average molecular weight is 245 g/mol. The van der Waals surface area contributed by atoms with E-state index in [0.29, 0.717) is 6.10 Å². The average Bonchev–Trinajstić information content (AvgIpc) is 2.83. The summed E-state index contributed by atoms with van der Waals surface area (Å²) in [5.41, 5.74) is 7.61. The Morgan fingerprint density at radius 1 is 1.06 bits per heavy atom. The number of nitrogens with two attached hydrogens (primary N) is 1. The van der Waals surface area contributed by atoms with Gasteiger partial charge in [-0.1, -0.05) is 18.6 Å². The van der Waals surface area contributed by atoms with E-state index in [1.165, 1.54) is 50.5 Å². The number of hydrogen-bond donors (Lipinski definition) is 1. The van der Waals surface area contributed by atoms with Gasteiger partial charge in [0.15, 0.2) is 0 Å². The van der Waals surface area contributed by atoms with Gasteiger partial charge in [-0.15, -0.1) is 0 Å². The van der Waals surface area contributed by atoms with Gasteiger partial charge in [-0.2, -0.15) is 0 Å². The molecule has 1 aromatic carbocycles. The topological polar surface area (TPSA) is 35.2 Å². The third-order valence-electron chi connectivity index (χ3n) is 4.77. The lowest BCUT2D eigenvalue weighted by Crippen LogP contribution is -2.41. The molecule has 0 aliphatic heterocycles. The minimum Gasteiger partial charge on any atom is -0.490 e. The first kappa shape index (κ1) is 12.0. The molecule has 0 unspecified atom stereocenters. The van der Waals surface area contributed by atoms with E-state index in [0.717, 1.165) is 12.3 Å². The maximum atomic E-state index is 6.00. The van der Waals surface area contributed by atoms with Gasteiger partial charge < -0.3 is 10.5 Å². The van der Waals surface area contributed by atoms with Crippen LogP contribution in [-0.4, -0.2) is 12.6 Å². The normalized spacial score (nSPS) is 22.7. The van der Waals surface area contributed by atoms with Crippen LogP contribution in [0.25, 0.3) is 0 Å². The van der Waals surface area contributed by atoms with Gasteiger partial charge in [0, 0.05) is 12.0 Å². The largest absolute Gasteiger partial charge is 0.490 e. The minimum atomic E-state index is 0.270. The van der Waals surface area contributed by atoms with E-state index in [-0.39, 0.29) is 5.41 Å². The van der Waals surface area contributed by atoms with Crippen molar-refractivity contribution in [1.82, 2.24) is 0 Å². The Kier molecular flexibility index (Phi) is 3.29. The van der Waals surface area contributed by atoms with Crippen molar-refractivity contribution >= 4 is 0 Å². The minimum absolute atomic E-state index is 0.270. The van der Waals surface area contributed by atoms with E-state index < -0.39 is 0 Å².